The average molecular weight is 508 g/mol. The summed E-state index contributed by atoms with van der Waals surface area (Å²) in [6.07, 6.45) is -3.39. The van der Waals surface area contributed by atoms with Crippen molar-refractivity contribution in [3.05, 3.63) is 82.4 Å². The molecule has 6 nitrogen and oxygen atoms in total. The molecule has 3 aromatic rings. The van der Waals surface area contributed by atoms with E-state index >= 15 is 0 Å². The number of carbonyl (C=O) groups is 1. The Kier molecular flexibility index (Phi) is 7.17. The normalized spacial score (nSPS) is 12.6. The minimum atomic E-state index is -4.50. The summed E-state index contributed by atoms with van der Waals surface area (Å²) in [5, 5.41) is 2.76. The highest BCUT2D eigenvalue weighted by molar-refractivity contribution is 7.90. The molecule has 1 amide bonds. The third-order valence-corrected chi connectivity index (χ3v) is 6.69. The van der Waals surface area contributed by atoms with Crippen molar-refractivity contribution in [3.8, 4) is 0 Å². The molecule has 0 spiro atoms. The summed E-state index contributed by atoms with van der Waals surface area (Å²) in [6, 6.07) is 11.5. The van der Waals surface area contributed by atoms with Gasteiger partial charge in [0.2, 0.25) is 0 Å². The van der Waals surface area contributed by atoms with E-state index in [1.165, 1.54) is 24.3 Å². The van der Waals surface area contributed by atoms with Crippen LogP contribution >= 0.6 is 0 Å². The summed E-state index contributed by atoms with van der Waals surface area (Å²) in [5.74, 6) is 0.0256. The number of carbonyl (C=O) groups excluding carboxylic acids is 1. The molecule has 0 atom stereocenters. The number of hydrogen-bond donors (Lipinski definition) is 1. The first-order valence-electron chi connectivity index (χ1n) is 10.9. The predicted molar refractivity (Wildman–Crippen MR) is 127 cm³/mol. The Morgan fingerprint density at radius 3 is 2.17 bits per heavy atom. The average Bonchev–Trinajstić information content (AvgIpc) is 3.08. The van der Waals surface area contributed by atoms with Crippen molar-refractivity contribution >= 4 is 15.7 Å². The summed E-state index contributed by atoms with van der Waals surface area (Å²) in [5.41, 5.74) is 0.111. The van der Waals surface area contributed by atoms with Gasteiger partial charge in [0.15, 0.2) is 9.84 Å². The van der Waals surface area contributed by atoms with Crippen LogP contribution in [0.15, 0.2) is 53.4 Å². The first-order valence-corrected chi connectivity index (χ1v) is 12.8. The van der Waals surface area contributed by atoms with E-state index in [2.05, 4.69) is 10.3 Å². The van der Waals surface area contributed by atoms with Gasteiger partial charge >= 0.3 is 6.18 Å². The van der Waals surface area contributed by atoms with Crippen LogP contribution in [0.5, 0.6) is 0 Å². The zero-order valence-electron chi connectivity index (χ0n) is 20.2. The molecule has 1 N–H and O–H groups in total. The molecule has 0 radical (unpaired) electrons. The smallest absolute Gasteiger partial charge is 0.347 e. The molecule has 0 saturated carbocycles. The highest BCUT2D eigenvalue weighted by Crippen LogP contribution is 2.33. The number of sulfone groups is 1. The molecule has 188 valence electrons. The van der Waals surface area contributed by atoms with Gasteiger partial charge in [-0.2, -0.15) is 13.2 Å². The second-order valence-corrected chi connectivity index (χ2v) is 11.5. The molecule has 0 saturated heterocycles. The molecule has 1 aromatic heterocycles. The number of amides is 1. The maximum atomic E-state index is 13.5. The lowest BCUT2D eigenvalue weighted by Gasteiger charge is -2.22. The molecule has 1 heterocycles. The summed E-state index contributed by atoms with van der Waals surface area (Å²) in [7, 11) is -3.32. The number of benzene rings is 2. The summed E-state index contributed by atoms with van der Waals surface area (Å²) in [6.45, 7) is 7.36. The Morgan fingerprint density at radius 1 is 1.03 bits per heavy atom. The molecule has 0 fully saturated rings. The minimum absolute atomic E-state index is 0.0820. The van der Waals surface area contributed by atoms with E-state index in [9.17, 15) is 26.4 Å². The van der Waals surface area contributed by atoms with Crippen LogP contribution in [-0.4, -0.2) is 30.1 Å². The van der Waals surface area contributed by atoms with Crippen LogP contribution in [-0.2, 0) is 34.5 Å². The van der Waals surface area contributed by atoms with E-state index in [4.69, 9.17) is 0 Å². The second-order valence-electron chi connectivity index (χ2n) is 9.46. The number of aromatic nitrogens is 2. The molecule has 0 bridgehead atoms. The van der Waals surface area contributed by atoms with Crippen LogP contribution in [0.4, 0.5) is 13.2 Å². The second kappa shape index (κ2) is 9.49. The fourth-order valence-corrected chi connectivity index (χ4v) is 4.37. The van der Waals surface area contributed by atoms with E-state index in [-0.39, 0.29) is 29.2 Å². The third kappa shape index (κ3) is 6.11. The van der Waals surface area contributed by atoms with Crippen LogP contribution in [0, 0.1) is 6.92 Å². The van der Waals surface area contributed by atoms with Crippen LogP contribution < -0.4 is 5.32 Å². The molecular weight excluding hydrogens is 479 g/mol. The molecule has 0 aliphatic rings. The van der Waals surface area contributed by atoms with Crippen molar-refractivity contribution in [1.82, 2.24) is 14.9 Å². The zero-order valence-corrected chi connectivity index (χ0v) is 21.0. The number of halogens is 3. The van der Waals surface area contributed by atoms with Gasteiger partial charge in [0.05, 0.1) is 10.5 Å². The van der Waals surface area contributed by atoms with Gasteiger partial charge in [-0.1, -0.05) is 51.1 Å². The van der Waals surface area contributed by atoms with E-state index in [0.29, 0.717) is 17.1 Å². The standard InChI is InChI=1S/C25H28F3N3O3S/c1-16-21(22(32)29-14-17-10-12-19(13-11-17)35(5,33)34)30-23(24(2,3)4)31(16)15-18-8-6-7-9-20(18)25(26,27)28/h6-13H,14-15H2,1-5H3,(H,29,32). The number of alkyl halides is 3. The zero-order chi connectivity index (χ0) is 26.2. The van der Waals surface area contributed by atoms with E-state index < -0.39 is 32.9 Å². The van der Waals surface area contributed by atoms with Crippen molar-refractivity contribution in [2.75, 3.05) is 6.26 Å². The van der Waals surface area contributed by atoms with Gasteiger partial charge in [-0.3, -0.25) is 4.79 Å². The Hall–Kier alpha value is -3.14. The molecular formula is C25H28F3N3O3S. The maximum absolute atomic E-state index is 13.5. The van der Waals surface area contributed by atoms with Crippen molar-refractivity contribution < 1.29 is 26.4 Å². The van der Waals surface area contributed by atoms with Gasteiger partial charge in [0, 0.05) is 30.5 Å². The minimum Gasteiger partial charge on any atom is -0.347 e. The monoisotopic (exact) mass is 507 g/mol. The molecule has 35 heavy (non-hydrogen) atoms. The Morgan fingerprint density at radius 2 is 1.63 bits per heavy atom. The van der Waals surface area contributed by atoms with Crippen LogP contribution in [0.25, 0.3) is 0 Å². The van der Waals surface area contributed by atoms with E-state index in [0.717, 1.165) is 12.3 Å². The van der Waals surface area contributed by atoms with Crippen molar-refractivity contribution in [3.63, 3.8) is 0 Å². The van der Waals surface area contributed by atoms with Gasteiger partial charge in [0.1, 0.15) is 11.5 Å². The van der Waals surface area contributed by atoms with Gasteiger partial charge in [-0.05, 0) is 36.2 Å². The number of nitrogens with one attached hydrogen (secondary N) is 1. The molecule has 0 aliphatic heterocycles. The molecule has 3 rings (SSSR count). The summed E-state index contributed by atoms with van der Waals surface area (Å²) >= 11 is 0. The van der Waals surface area contributed by atoms with E-state index in [1.54, 1.807) is 29.7 Å². The van der Waals surface area contributed by atoms with Crippen molar-refractivity contribution in [2.24, 2.45) is 0 Å². The third-order valence-electron chi connectivity index (χ3n) is 5.56. The topological polar surface area (TPSA) is 81.1 Å². The quantitative estimate of drug-likeness (QED) is 0.515. The lowest BCUT2D eigenvalue weighted by Crippen LogP contribution is -2.24. The number of hydrogen-bond acceptors (Lipinski definition) is 4. The van der Waals surface area contributed by atoms with Crippen LogP contribution in [0.1, 0.15) is 59.5 Å². The molecule has 0 unspecified atom stereocenters. The molecule has 10 heteroatoms. The fraction of sp³-hybridized carbons (Fsp3) is 0.360. The maximum Gasteiger partial charge on any atom is 0.416 e. The van der Waals surface area contributed by atoms with Crippen LogP contribution in [0.3, 0.4) is 0 Å². The lowest BCUT2D eigenvalue weighted by atomic mass is 9.95. The Bertz CT molecular complexity index is 1340. The Balaban J connectivity index is 1.90. The Labute approximate surface area is 203 Å². The number of nitrogens with zero attached hydrogens (tertiary/aromatic N) is 2. The first-order chi connectivity index (χ1) is 16.1. The summed E-state index contributed by atoms with van der Waals surface area (Å²) < 4.78 is 65.5. The highest BCUT2D eigenvalue weighted by atomic mass is 32.2. The fourth-order valence-electron chi connectivity index (χ4n) is 3.74. The SMILES string of the molecule is Cc1c(C(=O)NCc2ccc(S(C)(=O)=O)cc2)nc(C(C)(C)C)n1Cc1ccccc1C(F)(F)F. The lowest BCUT2D eigenvalue weighted by molar-refractivity contribution is -0.138. The number of imidazole rings is 1. The largest absolute Gasteiger partial charge is 0.416 e. The first kappa shape index (κ1) is 26.5. The van der Waals surface area contributed by atoms with Gasteiger partial charge < -0.3 is 9.88 Å². The predicted octanol–water partition coefficient (Wildman–Crippen LogP) is 4.89. The number of rotatable bonds is 6. The van der Waals surface area contributed by atoms with Gasteiger partial charge in [-0.15, -0.1) is 0 Å². The van der Waals surface area contributed by atoms with Crippen molar-refractivity contribution in [2.45, 2.75) is 57.3 Å². The van der Waals surface area contributed by atoms with E-state index in [1.807, 2.05) is 20.8 Å². The summed E-state index contributed by atoms with van der Waals surface area (Å²) in [4.78, 5) is 17.7. The van der Waals surface area contributed by atoms with Crippen LogP contribution in [0.2, 0.25) is 0 Å². The molecule has 2 aromatic carbocycles. The van der Waals surface area contributed by atoms with Crippen molar-refractivity contribution in [1.29, 1.82) is 0 Å². The van der Waals surface area contributed by atoms with Gasteiger partial charge in [0.25, 0.3) is 5.91 Å². The highest BCUT2D eigenvalue weighted by Gasteiger charge is 2.34. The molecule has 0 aliphatic carbocycles. The van der Waals surface area contributed by atoms with Gasteiger partial charge in [-0.25, -0.2) is 13.4 Å².